The molecule has 0 radical (unpaired) electrons. The molecule has 0 amide bonds. The van der Waals surface area contributed by atoms with Gasteiger partial charge in [0.2, 0.25) is 0 Å². The van der Waals surface area contributed by atoms with Crippen molar-refractivity contribution in [1.82, 2.24) is 5.32 Å². The van der Waals surface area contributed by atoms with Crippen molar-refractivity contribution in [3.63, 3.8) is 0 Å². The van der Waals surface area contributed by atoms with Gasteiger partial charge in [-0.1, -0.05) is 6.07 Å². The lowest BCUT2D eigenvalue weighted by molar-refractivity contribution is 0.410. The number of nitrogens with one attached hydrogen (secondary N) is 1. The minimum Gasteiger partial charge on any atom is -0.497 e. The Bertz CT molecular complexity index is 502. The molecule has 1 aromatic carbocycles. The second-order valence-electron chi connectivity index (χ2n) is 4.33. The summed E-state index contributed by atoms with van der Waals surface area (Å²) in [4.78, 5) is 0. The fraction of sp³-hybridized carbons (Fsp3) is 0.500. The van der Waals surface area contributed by atoms with Gasteiger partial charge in [-0.2, -0.15) is 0 Å². The van der Waals surface area contributed by atoms with Gasteiger partial charge in [-0.25, -0.2) is 12.8 Å². The van der Waals surface area contributed by atoms with E-state index in [0.717, 1.165) is 0 Å². The molecule has 0 saturated carbocycles. The van der Waals surface area contributed by atoms with Crippen LogP contribution in [0.25, 0.3) is 0 Å². The molecule has 0 saturated heterocycles. The van der Waals surface area contributed by atoms with Crippen LogP contribution in [-0.4, -0.2) is 33.6 Å². The number of methoxy groups -OCH3 is 1. The number of rotatable bonds is 6. The molecule has 1 unspecified atom stereocenters. The smallest absolute Gasteiger partial charge is 0.148 e. The molecular formula is C12H18FNO3S. The number of hydrogen-bond acceptors (Lipinski definition) is 4. The standard InChI is InChI=1S/C12H18FNO3S/c1-9(8-18(3,15)16)14-7-10-4-5-11(17-2)6-12(10)13/h4-6,9,14H,7-8H2,1-3H3. The van der Waals surface area contributed by atoms with Crippen molar-refractivity contribution in [1.29, 1.82) is 0 Å². The number of benzene rings is 1. The van der Waals surface area contributed by atoms with Crippen LogP contribution < -0.4 is 10.1 Å². The Balaban J connectivity index is 2.58. The first-order valence-electron chi connectivity index (χ1n) is 5.55. The largest absolute Gasteiger partial charge is 0.497 e. The highest BCUT2D eigenvalue weighted by Gasteiger charge is 2.11. The summed E-state index contributed by atoms with van der Waals surface area (Å²) in [6, 6.07) is 4.37. The van der Waals surface area contributed by atoms with E-state index in [-0.39, 0.29) is 24.2 Å². The highest BCUT2D eigenvalue weighted by atomic mass is 32.2. The molecule has 18 heavy (non-hydrogen) atoms. The minimum atomic E-state index is -3.02. The van der Waals surface area contributed by atoms with E-state index in [4.69, 9.17) is 4.74 Å². The van der Waals surface area contributed by atoms with E-state index in [1.807, 2.05) is 0 Å². The molecule has 0 spiro atoms. The van der Waals surface area contributed by atoms with Crippen LogP contribution in [0, 0.1) is 5.82 Å². The van der Waals surface area contributed by atoms with Crippen molar-refractivity contribution in [2.45, 2.75) is 19.5 Å². The second kappa shape index (κ2) is 6.15. The molecular weight excluding hydrogens is 257 g/mol. The Morgan fingerprint density at radius 3 is 2.61 bits per heavy atom. The molecule has 1 rings (SSSR count). The normalized spacial score (nSPS) is 13.3. The molecule has 0 fully saturated rings. The molecule has 0 aliphatic heterocycles. The lowest BCUT2D eigenvalue weighted by Gasteiger charge is -2.13. The fourth-order valence-electron chi connectivity index (χ4n) is 1.60. The molecule has 0 aliphatic rings. The fourth-order valence-corrected chi connectivity index (χ4v) is 2.62. The molecule has 0 bridgehead atoms. The van der Waals surface area contributed by atoms with Crippen LogP contribution in [0.5, 0.6) is 5.75 Å². The van der Waals surface area contributed by atoms with Crippen LogP contribution in [0.2, 0.25) is 0 Å². The van der Waals surface area contributed by atoms with E-state index >= 15 is 0 Å². The maximum Gasteiger partial charge on any atom is 0.148 e. The molecule has 0 heterocycles. The van der Waals surface area contributed by atoms with Gasteiger partial charge in [0.25, 0.3) is 0 Å². The van der Waals surface area contributed by atoms with Crippen LogP contribution in [0.3, 0.4) is 0 Å². The number of hydrogen-bond donors (Lipinski definition) is 1. The predicted octanol–water partition coefficient (Wildman–Crippen LogP) is 1.36. The van der Waals surface area contributed by atoms with Crippen molar-refractivity contribution in [2.75, 3.05) is 19.1 Å². The Morgan fingerprint density at radius 2 is 2.11 bits per heavy atom. The zero-order valence-electron chi connectivity index (χ0n) is 10.7. The molecule has 1 N–H and O–H groups in total. The number of sulfone groups is 1. The topological polar surface area (TPSA) is 55.4 Å². The first kappa shape index (κ1) is 14.9. The molecule has 1 atom stereocenters. The van der Waals surface area contributed by atoms with Gasteiger partial charge < -0.3 is 10.1 Å². The van der Waals surface area contributed by atoms with Crippen molar-refractivity contribution in [2.24, 2.45) is 0 Å². The molecule has 102 valence electrons. The third kappa shape index (κ3) is 5.01. The van der Waals surface area contributed by atoms with Gasteiger partial charge >= 0.3 is 0 Å². The lowest BCUT2D eigenvalue weighted by atomic mass is 10.2. The monoisotopic (exact) mass is 275 g/mol. The molecule has 0 aromatic heterocycles. The average molecular weight is 275 g/mol. The summed E-state index contributed by atoms with van der Waals surface area (Å²) in [6.45, 7) is 2.04. The van der Waals surface area contributed by atoms with E-state index in [9.17, 15) is 12.8 Å². The van der Waals surface area contributed by atoms with E-state index in [0.29, 0.717) is 11.3 Å². The maximum absolute atomic E-state index is 13.6. The Hall–Kier alpha value is -1.14. The number of halogens is 1. The summed E-state index contributed by atoms with van der Waals surface area (Å²) in [7, 11) is -1.55. The zero-order valence-corrected chi connectivity index (χ0v) is 11.6. The summed E-state index contributed by atoms with van der Waals surface area (Å²) in [5.74, 6) is 0.124. The zero-order chi connectivity index (χ0) is 13.8. The van der Waals surface area contributed by atoms with Gasteiger partial charge in [-0.05, 0) is 13.0 Å². The van der Waals surface area contributed by atoms with E-state index in [2.05, 4.69) is 5.32 Å². The first-order chi connectivity index (χ1) is 8.31. The van der Waals surface area contributed by atoms with Crippen LogP contribution >= 0.6 is 0 Å². The SMILES string of the molecule is COc1ccc(CNC(C)CS(C)(=O)=O)c(F)c1. The first-order valence-corrected chi connectivity index (χ1v) is 7.61. The lowest BCUT2D eigenvalue weighted by Crippen LogP contribution is -2.32. The summed E-state index contributed by atoms with van der Waals surface area (Å²) in [6.07, 6.45) is 1.18. The predicted molar refractivity (Wildman–Crippen MR) is 69.0 cm³/mol. The Labute approximate surface area is 107 Å². The van der Waals surface area contributed by atoms with Gasteiger partial charge in [0.05, 0.1) is 12.9 Å². The average Bonchev–Trinajstić information content (AvgIpc) is 2.25. The molecule has 1 aromatic rings. The van der Waals surface area contributed by atoms with Gasteiger partial charge in [0.15, 0.2) is 0 Å². The number of ether oxygens (including phenoxy) is 1. The van der Waals surface area contributed by atoms with Crippen molar-refractivity contribution in [3.8, 4) is 5.75 Å². The third-order valence-corrected chi connectivity index (χ3v) is 3.56. The van der Waals surface area contributed by atoms with E-state index in [1.165, 1.54) is 19.4 Å². The van der Waals surface area contributed by atoms with E-state index < -0.39 is 9.84 Å². The summed E-state index contributed by atoms with van der Waals surface area (Å²) in [5, 5.41) is 2.97. The van der Waals surface area contributed by atoms with Crippen LogP contribution in [0.15, 0.2) is 18.2 Å². The molecule has 4 nitrogen and oxygen atoms in total. The molecule has 0 aliphatic carbocycles. The summed E-state index contributed by atoms with van der Waals surface area (Å²) >= 11 is 0. The highest BCUT2D eigenvalue weighted by molar-refractivity contribution is 7.90. The highest BCUT2D eigenvalue weighted by Crippen LogP contribution is 2.16. The van der Waals surface area contributed by atoms with Crippen molar-refractivity contribution >= 4 is 9.84 Å². The third-order valence-electron chi connectivity index (χ3n) is 2.45. The summed E-state index contributed by atoms with van der Waals surface area (Å²) in [5.41, 5.74) is 0.483. The van der Waals surface area contributed by atoms with E-state index in [1.54, 1.807) is 19.1 Å². The molecule has 6 heteroatoms. The van der Waals surface area contributed by atoms with Gasteiger partial charge in [0, 0.05) is 30.5 Å². The second-order valence-corrected chi connectivity index (χ2v) is 6.52. The van der Waals surface area contributed by atoms with Crippen LogP contribution in [0.1, 0.15) is 12.5 Å². The van der Waals surface area contributed by atoms with Crippen molar-refractivity contribution < 1.29 is 17.5 Å². The van der Waals surface area contributed by atoms with Gasteiger partial charge in [-0.3, -0.25) is 0 Å². The maximum atomic E-state index is 13.6. The Morgan fingerprint density at radius 1 is 1.44 bits per heavy atom. The van der Waals surface area contributed by atoms with Crippen molar-refractivity contribution in [3.05, 3.63) is 29.6 Å². The van der Waals surface area contributed by atoms with Crippen LogP contribution in [0.4, 0.5) is 4.39 Å². The summed E-state index contributed by atoms with van der Waals surface area (Å²) < 4.78 is 40.6. The quantitative estimate of drug-likeness (QED) is 0.851. The Kier molecular flexibility index (Phi) is 5.10. The van der Waals surface area contributed by atoms with Gasteiger partial charge in [-0.15, -0.1) is 0 Å². The minimum absolute atomic E-state index is 0.0325. The van der Waals surface area contributed by atoms with Crippen LogP contribution in [-0.2, 0) is 16.4 Å². The van der Waals surface area contributed by atoms with Gasteiger partial charge in [0.1, 0.15) is 21.4 Å².